The molecule has 0 unspecified atom stereocenters. The molecule has 1 N–H and O–H groups in total. The maximum atomic E-state index is 12.4. The lowest BCUT2D eigenvalue weighted by molar-refractivity contribution is 0.0695. The number of carbonyl (C=O) groups is 2. The Kier molecular flexibility index (Phi) is 6.68. The molecule has 5 nitrogen and oxygen atoms in total. The highest BCUT2D eigenvalue weighted by molar-refractivity contribution is 5.91. The second-order valence-electron chi connectivity index (χ2n) is 9.03. The van der Waals surface area contributed by atoms with Crippen LogP contribution >= 0.6 is 0 Å². The molecular weight excluding hydrogens is 404 g/mol. The van der Waals surface area contributed by atoms with Gasteiger partial charge in [-0.3, -0.25) is 0 Å². The summed E-state index contributed by atoms with van der Waals surface area (Å²) < 4.78 is 11.6. The van der Waals surface area contributed by atoms with Crippen molar-refractivity contribution in [3.63, 3.8) is 0 Å². The number of carboxylic acid groups (broad SMARTS) is 1. The minimum Gasteiger partial charge on any atom is -0.488 e. The summed E-state index contributed by atoms with van der Waals surface area (Å²) in [5, 5.41) is 8.94. The van der Waals surface area contributed by atoms with Crippen LogP contribution in [-0.4, -0.2) is 22.6 Å². The van der Waals surface area contributed by atoms with Crippen molar-refractivity contribution in [3.05, 3.63) is 95.6 Å². The number of carbonyl (C=O) groups excluding carboxylic acids is 1. The second-order valence-corrected chi connectivity index (χ2v) is 9.03. The van der Waals surface area contributed by atoms with Crippen LogP contribution in [0.2, 0.25) is 0 Å². The van der Waals surface area contributed by atoms with E-state index in [0.29, 0.717) is 11.3 Å². The number of benzene rings is 3. The number of aromatic carboxylic acids is 1. The molecule has 3 aromatic rings. The largest absolute Gasteiger partial charge is 0.488 e. The Hall–Kier alpha value is -3.60. The van der Waals surface area contributed by atoms with Gasteiger partial charge in [0.05, 0.1) is 11.1 Å². The molecule has 0 aliphatic carbocycles. The molecule has 0 aliphatic rings. The van der Waals surface area contributed by atoms with Crippen molar-refractivity contribution in [2.75, 3.05) is 0 Å². The van der Waals surface area contributed by atoms with Gasteiger partial charge in [0.2, 0.25) is 0 Å². The number of rotatable bonds is 8. The Labute approximate surface area is 188 Å². The molecule has 3 rings (SSSR count). The molecule has 0 saturated carbocycles. The topological polar surface area (TPSA) is 72.8 Å². The van der Waals surface area contributed by atoms with Crippen LogP contribution in [0.4, 0.5) is 0 Å². The number of hydrogen-bond donors (Lipinski definition) is 1. The highest BCUT2D eigenvalue weighted by atomic mass is 16.5. The summed E-state index contributed by atoms with van der Waals surface area (Å²) >= 11 is 0. The molecule has 0 heterocycles. The molecule has 166 valence electrons. The van der Waals surface area contributed by atoms with Crippen LogP contribution in [0, 0.1) is 0 Å². The number of carboxylic acids is 1. The van der Waals surface area contributed by atoms with Crippen molar-refractivity contribution in [2.24, 2.45) is 0 Å². The molecule has 0 bridgehead atoms. The highest BCUT2D eigenvalue weighted by Crippen LogP contribution is 2.34. The van der Waals surface area contributed by atoms with E-state index >= 15 is 0 Å². The van der Waals surface area contributed by atoms with E-state index in [4.69, 9.17) is 14.6 Å². The molecule has 5 heteroatoms. The molecule has 0 aliphatic heterocycles. The molecule has 0 fully saturated rings. The van der Waals surface area contributed by atoms with Crippen LogP contribution in [0.25, 0.3) is 0 Å². The van der Waals surface area contributed by atoms with Crippen LogP contribution in [0.3, 0.4) is 0 Å². The van der Waals surface area contributed by atoms with E-state index in [1.54, 1.807) is 24.3 Å². The van der Waals surface area contributed by atoms with Gasteiger partial charge in [0.15, 0.2) is 0 Å². The van der Waals surface area contributed by atoms with E-state index in [1.165, 1.54) is 29.8 Å². The Balaban J connectivity index is 1.63. The summed E-state index contributed by atoms with van der Waals surface area (Å²) in [4.78, 5) is 23.3. The summed E-state index contributed by atoms with van der Waals surface area (Å²) in [7, 11) is 0. The Morgan fingerprint density at radius 3 is 1.84 bits per heavy atom. The van der Waals surface area contributed by atoms with Crippen LogP contribution in [0.15, 0.2) is 78.9 Å². The monoisotopic (exact) mass is 432 g/mol. The Morgan fingerprint density at radius 1 is 0.750 bits per heavy atom. The molecule has 0 atom stereocenters. The van der Waals surface area contributed by atoms with Gasteiger partial charge >= 0.3 is 11.9 Å². The fraction of sp³-hybridized carbons (Fsp3) is 0.259. The molecule has 0 aromatic heterocycles. The summed E-state index contributed by atoms with van der Waals surface area (Å²) in [5.74, 6) is -0.608. The van der Waals surface area contributed by atoms with Gasteiger partial charge in [-0.15, -0.1) is 0 Å². The Morgan fingerprint density at radius 2 is 1.28 bits per heavy atom. The summed E-state index contributed by atoms with van der Waals surface area (Å²) in [6, 6.07) is 22.9. The molecule has 0 amide bonds. The maximum Gasteiger partial charge on any atom is 0.343 e. The third-order valence-electron chi connectivity index (χ3n) is 5.22. The van der Waals surface area contributed by atoms with E-state index in [-0.39, 0.29) is 16.7 Å². The van der Waals surface area contributed by atoms with E-state index < -0.39 is 17.5 Å². The zero-order valence-corrected chi connectivity index (χ0v) is 18.8. The van der Waals surface area contributed by atoms with Gasteiger partial charge in [0.1, 0.15) is 17.1 Å². The third kappa shape index (κ3) is 5.97. The van der Waals surface area contributed by atoms with Crippen LogP contribution in [-0.2, 0) is 5.41 Å². The maximum absolute atomic E-state index is 12.4. The predicted molar refractivity (Wildman–Crippen MR) is 124 cm³/mol. The highest BCUT2D eigenvalue weighted by Gasteiger charge is 2.31. The summed E-state index contributed by atoms with van der Waals surface area (Å²) in [6.45, 7) is 8.52. The molecular formula is C27H28O5. The van der Waals surface area contributed by atoms with Gasteiger partial charge in [-0.1, -0.05) is 44.2 Å². The fourth-order valence-electron chi connectivity index (χ4n) is 3.90. The van der Waals surface area contributed by atoms with Gasteiger partial charge in [0, 0.05) is 0 Å². The first-order valence-corrected chi connectivity index (χ1v) is 10.5. The van der Waals surface area contributed by atoms with Crippen molar-refractivity contribution in [1.29, 1.82) is 0 Å². The summed E-state index contributed by atoms with van der Waals surface area (Å²) in [6.07, 6.45) is 0.806. The van der Waals surface area contributed by atoms with Crippen molar-refractivity contribution >= 4 is 11.9 Å². The average molecular weight is 433 g/mol. The van der Waals surface area contributed by atoms with Gasteiger partial charge in [-0.2, -0.15) is 0 Å². The first-order valence-electron chi connectivity index (χ1n) is 10.5. The lowest BCUT2D eigenvalue weighted by atomic mass is 9.76. The molecule has 3 aromatic carbocycles. The minimum atomic E-state index is -1.03. The normalized spacial score (nSPS) is 11.6. The standard InChI is InChI=1S/C27H28O5/c1-26(2,21-8-6-5-7-9-21)18-27(3,4)32-23-16-12-20(13-17-23)25(30)31-22-14-10-19(11-15-22)24(28)29/h5-17H,18H2,1-4H3,(H,28,29). The molecule has 0 radical (unpaired) electrons. The van der Waals surface area contributed by atoms with Crippen molar-refractivity contribution in [3.8, 4) is 11.5 Å². The van der Waals surface area contributed by atoms with Crippen molar-refractivity contribution in [1.82, 2.24) is 0 Å². The zero-order valence-electron chi connectivity index (χ0n) is 18.8. The average Bonchev–Trinajstić information content (AvgIpc) is 2.74. The van der Waals surface area contributed by atoms with E-state index in [9.17, 15) is 9.59 Å². The van der Waals surface area contributed by atoms with Crippen LogP contribution in [0.1, 0.15) is 60.4 Å². The molecule has 32 heavy (non-hydrogen) atoms. The first kappa shape index (κ1) is 23.1. The van der Waals surface area contributed by atoms with Crippen molar-refractivity contribution < 1.29 is 24.2 Å². The summed E-state index contributed by atoms with van der Waals surface area (Å²) in [5.41, 5.74) is 1.27. The lowest BCUT2D eigenvalue weighted by Crippen LogP contribution is -2.36. The predicted octanol–water partition coefficient (Wildman–Crippen LogP) is 6.13. The number of esters is 1. The van der Waals surface area contributed by atoms with Crippen LogP contribution < -0.4 is 9.47 Å². The van der Waals surface area contributed by atoms with E-state index in [1.807, 2.05) is 18.2 Å². The molecule has 0 saturated heterocycles. The fourth-order valence-corrected chi connectivity index (χ4v) is 3.90. The SMILES string of the molecule is CC(C)(CC(C)(C)c1ccccc1)Oc1ccc(C(=O)Oc2ccc(C(=O)O)cc2)cc1. The second kappa shape index (κ2) is 9.27. The third-order valence-corrected chi connectivity index (χ3v) is 5.22. The number of hydrogen-bond acceptors (Lipinski definition) is 4. The molecule has 0 spiro atoms. The smallest absolute Gasteiger partial charge is 0.343 e. The van der Waals surface area contributed by atoms with Gasteiger partial charge in [0.25, 0.3) is 0 Å². The lowest BCUT2D eigenvalue weighted by Gasteiger charge is -2.35. The quantitative estimate of drug-likeness (QED) is 0.342. The van der Waals surface area contributed by atoms with Gasteiger partial charge in [-0.05, 0) is 79.8 Å². The van der Waals surface area contributed by atoms with E-state index in [2.05, 4.69) is 39.8 Å². The first-order chi connectivity index (χ1) is 15.1. The Bertz CT molecular complexity index is 1070. The van der Waals surface area contributed by atoms with Gasteiger partial charge in [-0.25, -0.2) is 9.59 Å². The van der Waals surface area contributed by atoms with Gasteiger partial charge < -0.3 is 14.6 Å². The van der Waals surface area contributed by atoms with Crippen LogP contribution in [0.5, 0.6) is 11.5 Å². The van der Waals surface area contributed by atoms with E-state index in [0.717, 1.165) is 6.42 Å². The minimum absolute atomic E-state index is 0.0648. The zero-order chi connectivity index (χ0) is 23.4. The van der Waals surface area contributed by atoms with Crippen molar-refractivity contribution in [2.45, 2.75) is 45.1 Å². The number of ether oxygens (including phenoxy) is 2.